The summed E-state index contributed by atoms with van der Waals surface area (Å²) < 4.78 is 5.26. The van der Waals surface area contributed by atoms with E-state index in [2.05, 4.69) is 15.2 Å². The average molecular weight is 447 g/mol. The monoisotopic (exact) mass is 447 g/mol. The van der Waals surface area contributed by atoms with Crippen LogP contribution in [0.1, 0.15) is 6.92 Å². The molecule has 1 aromatic rings. The number of hydrogen-bond donors (Lipinski definition) is 2. The van der Waals surface area contributed by atoms with Gasteiger partial charge in [-0.3, -0.25) is 14.7 Å². The molecule has 0 bridgehead atoms. The highest BCUT2D eigenvalue weighted by molar-refractivity contribution is 14.0. The third-order valence-electron chi connectivity index (χ3n) is 3.89. The molecule has 1 aromatic carbocycles. The summed E-state index contributed by atoms with van der Waals surface area (Å²) in [5, 5.41) is 3.05. The van der Waals surface area contributed by atoms with Crippen LogP contribution in [0, 0.1) is 0 Å². The number of methoxy groups -OCH3 is 1. The van der Waals surface area contributed by atoms with E-state index in [1.54, 1.807) is 14.0 Å². The molecule has 1 aliphatic rings. The maximum atomic E-state index is 11.3. The first-order valence-corrected chi connectivity index (χ1v) is 7.78. The van der Waals surface area contributed by atoms with Crippen LogP contribution in [-0.2, 0) is 4.79 Å². The number of amides is 1. The van der Waals surface area contributed by atoms with Gasteiger partial charge in [-0.25, -0.2) is 0 Å². The van der Waals surface area contributed by atoms with Gasteiger partial charge in [-0.1, -0.05) is 12.1 Å². The Morgan fingerprint density at radius 3 is 2.58 bits per heavy atom. The Labute approximate surface area is 160 Å². The molecule has 1 fully saturated rings. The molecule has 0 unspecified atom stereocenters. The van der Waals surface area contributed by atoms with Crippen LogP contribution in [0.5, 0.6) is 5.75 Å². The second-order valence-electron chi connectivity index (χ2n) is 5.44. The third kappa shape index (κ3) is 6.16. The highest BCUT2D eigenvalue weighted by Crippen LogP contribution is 2.22. The molecule has 134 valence electrons. The lowest BCUT2D eigenvalue weighted by Gasteiger charge is -2.33. The molecule has 1 aliphatic heterocycles. The molecule has 0 spiro atoms. The van der Waals surface area contributed by atoms with Gasteiger partial charge in [0.1, 0.15) is 5.75 Å². The minimum atomic E-state index is 0. The number of piperazine rings is 1. The zero-order valence-corrected chi connectivity index (χ0v) is 16.5. The summed E-state index contributed by atoms with van der Waals surface area (Å²) >= 11 is 0. The molecule has 1 amide bonds. The number of nitrogens with zero attached hydrogens (tertiary/aromatic N) is 3. The Morgan fingerprint density at radius 1 is 1.29 bits per heavy atom. The topological polar surface area (TPSA) is 83.2 Å². The molecule has 0 saturated carbocycles. The first-order valence-electron chi connectivity index (χ1n) is 7.78. The first kappa shape index (κ1) is 20.5. The molecule has 1 heterocycles. The van der Waals surface area contributed by atoms with Crippen LogP contribution in [0.25, 0.3) is 0 Å². The summed E-state index contributed by atoms with van der Waals surface area (Å²) in [6.07, 6.45) is 0. The zero-order chi connectivity index (χ0) is 16.7. The Kier molecular flexibility index (Phi) is 8.83. The van der Waals surface area contributed by atoms with E-state index in [1.807, 2.05) is 29.2 Å². The van der Waals surface area contributed by atoms with Crippen molar-refractivity contribution in [2.24, 2.45) is 10.7 Å². The van der Waals surface area contributed by atoms with Crippen molar-refractivity contribution in [2.45, 2.75) is 6.92 Å². The van der Waals surface area contributed by atoms with Gasteiger partial charge in [0.15, 0.2) is 5.96 Å². The molecule has 7 nitrogen and oxygen atoms in total. The zero-order valence-electron chi connectivity index (χ0n) is 14.2. The number of benzene rings is 1. The smallest absolute Gasteiger partial charge is 0.219 e. The van der Waals surface area contributed by atoms with Crippen molar-refractivity contribution in [3.8, 4) is 5.75 Å². The summed E-state index contributed by atoms with van der Waals surface area (Å²) in [5.41, 5.74) is 6.72. The van der Waals surface area contributed by atoms with E-state index >= 15 is 0 Å². The van der Waals surface area contributed by atoms with E-state index in [1.165, 1.54) is 0 Å². The number of para-hydroxylation sites is 2. The molecule has 0 atom stereocenters. The van der Waals surface area contributed by atoms with Gasteiger partial charge in [0.2, 0.25) is 5.91 Å². The van der Waals surface area contributed by atoms with E-state index in [9.17, 15) is 4.79 Å². The Balaban J connectivity index is 0.00000288. The molecular weight excluding hydrogens is 421 g/mol. The van der Waals surface area contributed by atoms with Gasteiger partial charge in [-0.05, 0) is 12.1 Å². The minimum Gasteiger partial charge on any atom is -0.495 e. The van der Waals surface area contributed by atoms with Crippen molar-refractivity contribution in [1.82, 2.24) is 9.80 Å². The maximum Gasteiger partial charge on any atom is 0.219 e. The fourth-order valence-corrected chi connectivity index (χ4v) is 2.52. The second-order valence-corrected chi connectivity index (χ2v) is 5.44. The Hall–Kier alpha value is -1.55. The number of carbonyl (C=O) groups is 1. The quantitative estimate of drug-likeness (QED) is 0.403. The standard InChI is InChI=1S/C16H25N5O2.HI/c1-13(22)21-11-9-20(10-12-21)8-7-18-16(17)19-14-5-3-4-6-15(14)23-2;/h3-6H,7-12H2,1-2H3,(H3,17,18,19);1H. The predicted octanol–water partition coefficient (Wildman–Crippen LogP) is 1.20. The predicted molar refractivity (Wildman–Crippen MR) is 107 cm³/mol. The van der Waals surface area contributed by atoms with Crippen LogP contribution in [0.3, 0.4) is 0 Å². The van der Waals surface area contributed by atoms with Gasteiger partial charge in [-0.15, -0.1) is 24.0 Å². The molecule has 8 heteroatoms. The number of nitrogens with two attached hydrogens (primary N) is 1. The maximum absolute atomic E-state index is 11.3. The average Bonchev–Trinajstić information content (AvgIpc) is 2.56. The fraction of sp³-hybridized carbons (Fsp3) is 0.500. The van der Waals surface area contributed by atoms with Crippen molar-refractivity contribution in [2.75, 3.05) is 51.7 Å². The Morgan fingerprint density at radius 2 is 1.96 bits per heavy atom. The van der Waals surface area contributed by atoms with E-state index in [4.69, 9.17) is 10.5 Å². The number of aliphatic imine (C=N–C) groups is 1. The lowest BCUT2D eigenvalue weighted by Crippen LogP contribution is -2.48. The number of nitrogens with one attached hydrogen (secondary N) is 1. The van der Waals surface area contributed by atoms with E-state index in [0.29, 0.717) is 12.5 Å². The summed E-state index contributed by atoms with van der Waals surface area (Å²) in [5.74, 6) is 1.25. The number of carbonyl (C=O) groups excluding carboxylic acids is 1. The van der Waals surface area contributed by atoms with Crippen LogP contribution >= 0.6 is 24.0 Å². The second kappa shape index (κ2) is 10.3. The van der Waals surface area contributed by atoms with Gasteiger partial charge in [0.05, 0.1) is 19.3 Å². The SMILES string of the molecule is COc1ccccc1NC(N)=NCCN1CCN(C(C)=O)CC1.I. The van der Waals surface area contributed by atoms with E-state index < -0.39 is 0 Å². The van der Waals surface area contributed by atoms with Gasteiger partial charge in [-0.2, -0.15) is 0 Å². The normalized spacial score (nSPS) is 15.6. The minimum absolute atomic E-state index is 0. The highest BCUT2D eigenvalue weighted by Gasteiger charge is 2.17. The Bertz CT molecular complexity index is 559. The number of ether oxygens (including phenoxy) is 1. The number of anilines is 1. The first-order chi connectivity index (χ1) is 11.1. The lowest BCUT2D eigenvalue weighted by atomic mass is 10.3. The number of hydrogen-bond acceptors (Lipinski definition) is 4. The lowest BCUT2D eigenvalue weighted by molar-refractivity contribution is -0.130. The van der Waals surface area contributed by atoms with Crippen molar-refractivity contribution < 1.29 is 9.53 Å². The van der Waals surface area contributed by atoms with Crippen molar-refractivity contribution >= 4 is 41.5 Å². The highest BCUT2D eigenvalue weighted by atomic mass is 127. The number of halogens is 1. The van der Waals surface area contributed by atoms with Gasteiger partial charge < -0.3 is 20.7 Å². The van der Waals surface area contributed by atoms with Crippen molar-refractivity contribution in [3.05, 3.63) is 24.3 Å². The summed E-state index contributed by atoms with van der Waals surface area (Å²) in [6, 6.07) is 7.57. The van der Waals surface area contributed by atoms with Crippen LogP contribution in [0.4, 0.5) is 5.69 Å². The molecular formula is C16H26IN5O2. The molecule has 0 aliphatic carbocycles. The number of rotatable bonds is 5. The third-order valence-corrected chi connectivity index (χ3v) is 3.89. The molecule has 0 radical (unpaired) electrons. The summed E-state index contributed by atoms with van der Waals surface area (Å²) in [4.78, 5) is 19.8. The van der Waals surface area contributed by atoms with Gasteiger partial charge in [0, 0.05) is 39.6 Å². The summed E-state index contributed by atoms with van der Waals surface area (Å²) in [6.45, 7) is 6.41. The van der Waals surface area contributed by atoms with Crippen LogP contribution < -0.4 is 15.8 Å². The molecule has 3 N–H and O–H groups in total. The van der Waals surface area contributed by atoms with Gasteiger partial charge in [0.25, 0.3) is 0 Å². The van der Waals surface area contributed by atoms with Crippen LogP contribution in [0.15, 0.2) is 29.3 Å². The van der Waals surface area contributed by atoms with Crippen molar-refractivity contribution in [3.63, 3.8) is 0 Å². The fourth-order valence-electron chi connectivity index (χ4n) is 2.52. The van der Waals surface area contributed by atoms with Crippen LogP contribution in [-0.4, -0.2) is 68.0 Å². The molecule has 2 rings (SSSR count). The molecule has 1 saturated heterocycles. The molecule has 24 heavy (non-hydrogen) atoms. The van der Waals surface area contributed by atoms with Crippen molar-refractivity contribution in [1.29, 1.82) is 0 Å². The largest absolute Gasteiger partial charge is 0.495 e. The van der Waals surface area contributed by atoms with E-state index in [-0.39, 0.29) is 29.9 Å². The van der Waals surface area contributed by atoms with Crippen LogP contribution in [0.2, 0.25) is 0 Å². The number of guanidine groups is 1. The van der Waals surface area contributed by atoms with E-state index in [0.717, 1.165) is 44.2 Å². The summed E-state index contributed by atoms with van der Waals surface area (Å²) in [7, 11) is 1.62. The molecule has 0 aromatic heterocycles. The van der Waals surface area contributed by atoms with Gasteiger partial charge >= 0.3 is 0 Å².